The normalized spacial score (nSPS) is 19.5. The Balaban J connectivity index is 0.825. The van der Waals surface area contributed by atoms with Gasteiger partial charge in [-0.15, -0.1) is 5.10 Å². The molecule has 18 nitrogen and oxygen atoms in total. The largest absolute Gasteiger partial charge is 0.486 e. The average Bonchev–Trinajstić information content (AvgIpc) is 4.23. The van der Waals surface area contributed by atoms with Gasteiger partial charge in [0.1, 0.15) is 47.6 Å². The van der Waals surface area contributed by atoms with Crippen LogP contribution in [0.2, 0.25) is 0 Å². The first-order valence-corrected chi connectivity index (χ1v) is 27.9. The minimum absolute atomic E-state index is 0.142. The van der Waals surface area contributed by atoms with Crippen molar-refractivity contribution in [2.24, 2.45) is 5.92 Å². The Morgan fingerprint density at radius 3 is 2.38 bits per heavy atom. The second kappa shape index (κ2) is 22.0. The molecule has 8 aromatic rings. The van der Waals surface area contributed by atoms with Crippen LogP contribution in [0.5, 0.6) is 11.8 Å². The van der Waals surface area contributed by atoms with Crippen molar-refractivity contribution >= 4 is 39.4 Å². The summed E-state index contributed by atoms with van der Waals surface area (Å²) in [5.74, 6) is 0.444. The number of benzene rings is 4. The van der Waals surface area contributed by atoms with Crippen LogP contribution >= 0.6 is 0 Å². The summed E-state index contributed by atoms with van der Waals surface area (Å²) < 4.78 is 37.1. The third kappa shape index (κ3) is 10.1. The molecule has 4 fully saturated rings. The molecule has 2 amide bonds. The first-order chi connectivity index (χ1) is 38.8. The van der Waals surface area contributed by atoms with Crippen molar-refractivity contribution in [3.8, 4) is 45.3 Å². The third-order valence-corrected chi connectivity index (χ3v) is 16.8. The predicted molar refractivity (Wildman–Crippen MR) is 301 cm³/mol. The Morgan fingerprint density at radius 1 is 0.912 bits per heavy atom. The van der Waals surface area contributed by atoms with Gasteiger partial charge < -0.3 is 39.8 Å². The number of aliphatic hydroxyl groups is 1. The van der Waals surface area contributed by atoms with Gasteiger partial charge in [0.15, 0.2) is 5.75 Å². The second-order valence-corrected chi connectivity index (χ2v) is 22.3. The van der Waals surface area contributed by atoms with Gasteiger partial charge in [-0.2, -0.15) is 15.1 Å². The molecule has 3 aliphatic heterocycles. The number of anilines is 1. The topological polar surface area (TPSA) is 211 Å². The van der Waals surface area contributed by atoms with Crippen molar-refractivity contribution in [3.05, 3.63) is 126 Å². The minimum atomic E-state index is -0.730. The van der Waals surface area contributed by atoms with Gasteiger partial charge in [-0.05, 0) is 122 Å². The molecule has 4 aromatic carbocycles. The van der Waals surface area contributed by atoms with E-state index < -0.39 is 18.1 Å². The molecule has 19 heteroatoms. The number of amides is 2. The third-order valence-electron chi connectivity index (χ3n) is 16.8. The maximum absolute atomic E-state index is 16.1. The van der Waals surface area contributed by atoms with Gasteiger partial charge in [0.05, 0.1) is 36.7 Å². The number of H-pyrrole nitrogens is 1. The number of aromatic amines is 1. The van der Waals surface area contributed by atoms with Crippen LogP contribution in [0.25, 0.3) is 55.3 Å². The number of nitrogens with zero attached hydrogens (tertiary/aromatic N) is 9. The molecular formula is C61H67FN12O6. The van der Waals surface area contributed by atoms with Crippen molar-refractivity contribution < 1.29 is 33.3 Å². The van der Waals surface area contributed by atoms with Crippen LogP contribution in [-0.2, 0) is 20.9 Å². The number of hydrogen-bond donors (Lipinski definition) is 4. The van der Waals surface area contributed by atoms with E-state index in [-0.39, 0.29) is 66.9 Å². The molecule has 0 spiro atoms. The second-order valence-electron chi connectivity index (χ2n) is 22.3. The van der Waals surface area contributed by atoms with E-state index >= 15 is 4.39 Å². The standard InChI is InChI=1S/C61H67FN12O6/c1-33(2)56(60(77)72-23-7-8-52(72)59(76)66-51(31-75)42-17-13-38(14-18-42)39-19-21-63-22-20-39)74-30-50(70-71-74)41-11-9-37(10-12-41)32-79-57-54(53-34(3)48(62)26-49-47(53)28-65-69-49)45(40-15-16-40)25-46-55(57)67-61(80-36(5)35(4)78-6)68-58(46)73-29-43-24-44(73)27-64-43/h9-14,17-22,25-26,28,30,33,35-36,40,43-44,51-52,56,64,75H,7-8,15-16,23-24,27,29,31-32H2,1-6H3,(H,65,69)(H,66,76)/t35-,36-,43?,44+,51+,52+,56+/m1/s1. The van der Waals surface area contributed by atoms with E-state index in [0.717, 1.165) is 87.9 Å². The monoisotopic (exact) mass is 1080 g/mol. The summed E-state index contributed by atoms with van der Waals surface area (Å²) in [5.41, 5.74) is 9.15. The molecule has 7 atom stereocenters. The van der Waals surface area contributed by atoms with Gasteiger partial charge in [-0.25, -0.2) is 9.07 Å². The molecule has 80 heavy (non-hydrogen) atoms. The highest BCUT2D eigenvalue weighted by Crippen LogP contribution is 2.53. The number of carbonyl (C=O) groups is 2. The first-order valence-electron chi connectivity index (χ1n) is 27.9. The van der Waals surface area contributed by atoms with Gasteiger partial charge in [-0.3, -0.25) is 19.7 Å². The SMILES string of the molecule is CO[C@H](C)[C@@H](C)Oc1nc(N2CC3C[C@H]2CN3)c2cc(C3CC3)c(-c3c(C)c(F)cc4[nH]ncc34)c(OCc3ccc(-c4cn([C@H](C(=O)N5CCC[C@H]5C(=O)N[C@@H](CO)c5ccc(-c6ccncc6)cc5)C(C)C)nn4)cc3)c2n1. The zero-order valence-corrected chi connectivity index (χ0v) is 45.9. The fourth-order valence-electron chi connectivity index (χ4n) is 12.0. The number of halogens is 1. The summed E-state index contributed by atoms with van der Waals surface area (Å²) in [7, 11) is 1.65. The van der Waals surface area contributed by atoms with Crippen LogP contribution in [0.4, 0.5) is 10.2 Å². The summed E-state index contributed by atoms with van der Waals surface area (Å²) in [5, 5.41) is 35.1. The Bertz CT molecular complexity index is 3570. The van der Waals surface area contributed by atoms with Crippen molar-refractivity contribution in [2.75, 3.05) is 38.3 Å². The van der Waals surface area contributed by atoms with Crippen molar-refractivity contribution in [2.45, 2.75) is 122 Å². The lowest BCUT2D eigenvalue weighted by atomic mass is 9.88. The van der Waals surface area contributed by atoms with Crippen LogP contribution in [0.3, 0.4) is 0 Å². The Labute approximate surface area is 463 Å². The summed E-state index contributed by atoms with van der Waals surface area (Å²) in [6.45, 7) is 11.5. The summed E-state index contributed by atoms with van der Waals surface area (Å²) in [4.78, 5) is 47.0. The quantitative estimate of drug-likeness (QED) is 0.0597. The average molecular weight is 1080 g/mol. The maximum Gasteiger partial charge on any atom is 0.319 e. The Kier molecular flexibility index (Phi) is 14.5. The number of methoxy groups -OCH3 is 1. The minimum Gasteiger partial charge on any atom is -0.486 e. The van der Waals surface area contributed by atoms with E-state index in [4.69, 9.17) is 24.2 Å². The Morgan fingerprint density at radius 2 is 1.68 bits per heavy atom. The van der Waals surface area contributed by atoms with Crippen LogP contribution in [-0.4, -0.2) is 126 Å². The lowest BCUT2D eigenvalue weighted by molar-refractivity contribution is -0.142. The molecule has 12 rings (SSSR count). The maximum atomic E-state index is 16.1. The Hall–Kier alpha value is -7.87. The number of aliphatic hydroxyl groups excluding tert-OH is 1. The van der Waals surface area contributed by atoms with E-state index in [1.54, 1.807) is 48.4 Å². The fourth-order valence-corrected chi connectivity index (χ4v) is 12.0. The van der Waals surface area contributed by atoms with E-state index in [9.17, 15) is 14.7 Å². The van der Waals surface area contributed by atoms with Crippen molar-refractivity contribution in [1.82, 2.24) is 55.7 Å². The van der Waals surface area contributed by atoms with E-state index in [1.165, 1.54) is 6.07 Å². The van der Waals surface area contributed by atoms with Gasteiger partial charge in [0, 0.05) is 78.7 Å². The molecule has 2 bridgehead atoms. The molecule has 1 aliphatic carbocycles. The molecular weight excluding hydrogens is 1020 g/mol. The lowest BCUT2D eigenvalue weighted by Crippen LogP contribution is -2.50. The molecule has 7 heterocycles. The van der Waals surface area contributed by atoms with Gasteiger partial charge in [-0.1, -0.05) is 67.6 Å². The first kappa shape index (κ1) is 52.8. The number of likely N-dealkylation sites (tertiary alicyclic amines) is 1. The lowest BCUT2D eigenvalue weighted by Gasteiger charge is -2.31. The molecule has 414 valence electrons. The number of aromatic nitrogens is 8. The molecule has 4 N–H and O–H groups in total. The number of hydrogen-bond acceptors (Lipinski definition) is 14. The smallest absolute Gasteiger partial charge is 0.319 e. The zero-order chi connectivity index (χ0) is 55.3. The van der Waals surface area contributed by atoms with Gasteiger partial charge in [0.2, 0.25) is 11.8 Å². The number of fused-ring (bicyclic) bond motifs is 4. The molecule has 4 aliphatic rings. The number of nitrogens with one attached hydrogen (secondary N) is 3. The van der Waals surface area contributed by atoms with Gasteiger partial charge in [0.25, 0.3) is 0 Å². The highest BCUT2D eigenvalue weighted by Gasteiger charge is 2.42. The van der Waals surface area contributed by atoms with Crippen LogP contribution < -0.4 is 25.0 Å². The van der Waals surface area contributed by atoms with Crippen LogP contribution in [0.15, 0.2) is 97.6 Å². The number of piperazine rings is 1. The summed E-state index contributed by atoms with van der Waals surface area (Å²) >= 11 is 0. The van der Waals surface area contributed by atoms with Crippen LogP contribution in [0.1, 0.15) is 100 Å². The molecule has 0 radical (unpaired) electrons. The predicted octanol–water partition coefficient (Wildman–Crippen LogP) is 8.79. The highest BCUT2D eigenvalue weighted by atomic mass is 19.1. The highest BCUT2D eigenvalue weighted by molar-refractivity contribution is 6.06. The molecule has 4 aromatic heterocycles. The number of pyridine rings is 1. The van der Waals surface area contributed by atoms with Crippen LogP contribution in [0, 0.1) is 18.7 Å². The number of carbonyl (C=O) groups excluding carboxylic acids is 2. The molecule has 1 saturated carbocycles. The number of rotatable bonds is 19. The molecule has 1 unspecified atom stereocenters. The fraction of sp³-hybridized carbons (Fsp3) is 0.410. The van der Waals surface area contributed by atoms with E-state index in [2.05, 4.69) is 47.1 Å². The molecule has 3 saturated heterocycles. The van der Waals surface area contributed by atoms with Crippen molar-refractivity contribution in [1.29, 1.82) is 0 Å². The zero-order valence-electron chi connectivity index (χ0n) is 45.9. The van der Waals surface area contributed by atoms with Gasteiger partial charge >= 0.3 is 6.01 Å². The number of ether oxygens (including phenoxy) is 3. The van der Waals surface area contributed by atoms with Crippen molar-refractivity contribution in [3.63, 3.8) is 0 Å². The van der Waals surface area contributed by atoms with E-state index in [0.29, 0.717) is 59.0 Å². The summed E-state index contributed by atoms with van der Waals surface area (Å²) in [6, 6.07) is 21.8. The summed E-state index contributed by atoms with van der Waals surface area (Å²) in [6.07, 6.45) is 10.5. The van der Waals surface area contributed by atoms with E-state index in [1.807, 2.05) is 88.4 Å².